The molecule has 226 valence electrons. The van der Waals surface area contributed by atoms with Crippen LogP contribution in [0.3, 0.4) is 0 Å². The van der Waals surface area contributed by atoms with E-state index in [1.807, 2.05) is 26.1 Å². The molecule has 0 aliphatic rings. The van der Waals surface area contributed by atoms with Gasteiger partial charge in [-0.3, -0.25) is 4.79 Å². The summed E-state index contributed by atoms with van der Waals surface area (Å²) < 4.78 is 13.6. The minimum Gasteiger partial charge on any atom is -0.388 e. The molecule has 1 aromatic rings. The number of rotatable bonds is 19. The molecule has 0 radical (unpaired) electrons. The number of alkyl halides is 1. The summed E-state index contributed by atoms with van der Waals surface area (Å²) in [5.41, 5.74) is 2.91. The van der Waals surface area contributed by atoms with Gasteiger partial charge in [-0.15, -0.1) is 0 Å². The average Bonchev–Trinajstić information content (AvgIpc) is 2.92. The molecule has 0 bridgehead atoms. The van der Waals surface area contributed by atoms with Gasteiger partial charge in [0.15, 0.2) is 0 Å². The van der Waals surface area contributed by atoms with Gasteiger partial charge in [0, 0.05) is 25.3 Å². The van der Waals surface area contributed by atoms with Crippen molar-refractivity contribution < 1.29 is 9.18 Å². The Bertz CT molecular complexity index is 954. The Labute approximate surface area is 245 Å². The van der Waals surface area contributed by atoms with E-state index in [9.17, 15) is 9.18 Å². The first-order valence-electron chi connectivity index (χ1n) is 15.4. The Balaban J connectivity index is 2.80. The lowest BCUT2D eigenvalue weighted by Gasteiger charge is -2.39. The number of benzene rings is 1. The maximum absolute atomic E-state index is 13.6. The number of allylic oxidation sites excluding steroid dienone is 6. The third-order valence-corrected chi connectivity index (χ3v) is 8.35. The zero-order valence-corrected chi connectivity index (χ0v) is 26.9. The summed E-state index contributed by atoms with van der Waals surface area (Å²) in [6.45, 7) is 16.4. The molecule has 0 aliphatic heterocycles. The number of aryl methyl sites for hydroxylation is 1. The van der Waals surface area contributed by atoms with Crippen molar-refractivity contribution in [1.29, 1.82) is 0 Å². The first-order valence-corrected chi connectivity index (χ1v) is 15.4. The van der Waals surface area contributed by atoms with Crippen molar-refractivity contribution in [3.63, 3.8) is 0 Å². The van der Waals surface area contributed by atoms with Crippen LogP contribution in [0, 0.1) is 24.2 Å². The molecule has 4 nitrogen and oxygen atoms in total. The summed E-state index contributed by atoms with van der Waals surface area (Å²) in [6, 6.07) is 6.70. The van der Waals surface area contributed by atoms with E-state index in [-0.39, 0.29) is 11.8 Å². The van der Waals surface area contributed by atoms with Gasteiger partial charge >= 0.3 is 0 Å². The molecule has 40 heavy (non-hydrogen) atoms. The highest BCUT2D eigenvalue weighted by molar-refractivity contribution is 5.82. The molecule has 1 rings (SSSR count). The topological polar surface area (TPSA) is 44.4 Å². The van der Waals surface area contributed by atoms with E-state index < -0.39 is 11.6 Å². The van der Waals surface area contributed by atoms with E-state index in [1.54, 1.807) is 18.2 Å². The minimum absolute atomic E-state index is 0.138. The second-order valence-electron chi connectivity index (χ2n) is 11.9. The van der Waals surface area contributed by atoms with Gasteiger partial charge in [0.25, 0.3) is 0 Å². The number of hydrogen-bond acceptors (Lipinski definition) is 3. The number of nitrogens with one attached hydrogen (secondary N) is 2. The van der Waals surface area contributed by atoms with Crippen LogP contribution in [0.4, 0.5) is 10.1 Å². The lowest BCUT2D eigenvalue weighted by atomic mass is 9.72. The largest absolute Gasteiger partial charge is 0.388 e. The van der Waals surface area contributed by atoms with Gasteiger partial charge in [-0.2, -0.15) is 0 Å². The van der Waals surface area contributed by atoms with Crippen molar-refractivity contribution in [3.8, 4) is 0 Å². The van der Waals surface area contributed by atoms with Crippen LogP contribution in [0.1, 0.15) is 91.2 Å². The Morgan fingerprint density at radius 1 is 1.10 bits per heavy atom. The molecule has 0 aliphatic carbocycles. The van der Waals surface area contributed by atoms with Crippen LogP contribution in [0.5, 0.6) is 0 Å². The summed E-state index contributed by atoms with van der Waals surface area (Å²) in [6.07, 6.45) is 16.1. The van der Waals surface area contributed by atoms with Crippen molar-refractivity contribution in [2.75, 3.05) is 26.0 Å². The number of carbonyl (C=O) groups is 1. The van der Waals surface area contributed by atoms with Gasteiger partial charge in [-0.25, -0.2) is 4.39 Å². The van der Waals surface area contributed by atoms with Crippen LogP contribution >= 0.6 is 0 Å². The molecule has 0 heterocycles. The van der Waals surface area contributed by atoms with Gasteiger partial charge in [-0.05, 0) is 101 Å². The second-order valence-corrected chi connectivity index (χ2v) is 11.9. The second kappa shape index (κ2) is 18.9. The summed E-state index contributed by atoms with van der Waals surface area (Å²) in [4.78, 5) is 16.1. The standard InChI is InChI=1S/C35H58FN3O/c1-10-16-31(36)20-14-13-18-29(12-3)19-15-21-39(9)33(17-11-2)25-35(7,27(4)5)34(40)38-26-30-22-28(6)23-32(24-30)37-8/h10,13-14,16,18,20,22-24,27,29,31,33,37H,11-12,15,17,19,21,25-26H2,1-9H3,(H,38,40)/b16-10-,18-13+,20-14?. The number of amides is 1. The zero-order valence-electron chi connectivity index (χ0n) is 26.9. The van der Waals surface area contributed by atoms with Gasteiger partial charge < -0.3 is 15.5 Å². The lowest BCUT2D eigenvalue weighted by molar-refractivity contribution is -0.134. The number of hydrogen-bond donors (Lipinski definition) is 2. The third kappa shape index (κ3) is 12.4. The quantitative estimate of drug-likeness (QED) is 0.133. The highest BCUT2D eigenvalue weighted by atomic mass is 19.1. The van der Waals surface area contributed by atoms with E-state index in [0.29, 0.717) is 18.5 Å². The number of carbonyl (C=O) groups excluding carboxylic acids is 1. The van der Waals surface area contributed by atoms with Gasteiger partial charge in [-0.1, -0.05) is 77.5 Å². The maximum atomic E-state index is 13.6. The number of halogens is 1. The first kappa shape index (κ1) is 35.6. The average molecular weight is 556 g/mol. The fourth-order valence-electron chi connectivity index (χ4n) is 5.25. The molecule has 0 saturated heterocycles. The molecular weight excluding hydrogens is 497 g/mol. The van der Waals surface area contributed by atoms with E-state index in [0.717, 1.165) is 56.3 Å². The molecule has 4 unspecified atom stereocenters. The summed E-state index contributed by atoms with van der Waals surface area (Å²) >= 11 is 0. The lowest BCUT2D eigenvalue weighted by Crippen LogP contribution is -2.47. The predicted octanol–water partition coefficient (Wildman–Crippen LogP) is 8.64. The van der Waals surface area contributed by atoms with Gasteiger partial charge in [0.05, 0.1) is 5.41 Å². The minimum atomic E-state index is -1.02. The van der Waals surface area contributed by atoms with Crippen molar-refractivity contribution >= 4 is 11.6 Å². The molecule has 0 fully saturated rings. The van der Waals surface area contributed by atoms with Gasteiger partial charge in [0.1, 0.15) is 6.17 Å². The van der Waals surface area contributed by atoms with Crippen LogP contribution in [-0.2, 0) is 11.3 Å². The van der Waals surface area contributed by atoms with Crippen LogP contribution < -0.4 is 10.6 Å². The van der Waals surface area contributed by atoms with Crippen LogP contribution in [0.2, 0.25) is 0 Å². The van der Waals surface area contributed by atoms with E-state index in [4.69, 9.17) is 0 Å². The molecule has 1 amide bonds. The monoisotopic (exact) mass is 555 g/mol. The fraction of sp³-hybridized carbons (Fsp3) is 0.629. The molecular formula is C35H58FN3O. The van der Waals surface area contributed by atoms with Crippen LogP contribution in [-0.4, -0.2) is 43.7 Å². The van der Waals surface area contributed by atoms with Crippen LogP contribution in [0.15, 0.2) is 54.7 Å². The zero-order chi connectivity index (χ0) is 30.1. The van der Waals surface area contributed by atoms with Crippen molar-refractivity contribution in [2.45, 2.75) is 106 Å². The highest BCUT2D eigenvalue weighted by Gasteiger charge is 2.39. The highest BCUT2D eigenvalue weighted by Crippen LogP contribution is 2.35. The molecule has 0 aromatic heterocycles. The molecule has 5 heteroatoms. The smallest absolute Gasteiger partial charge is 0.226 e. The Hall–Kier alpha value is -2.40. The molecule has 4 atom stereocenters. The third-order valence-electron chi connectivity index (χ3n) is 8.35. The first-order chi connectivity index (χ1) is 19.0. The van der Waals surface area contributed by atoms with Crippen molar-refractivity contribution in [1.82, 2.24) is 10.2 Å². The van der Waals surface area contributed by atoms with Crippen molar-refractivity contribution in [3.05, 3.63) is 65.8 Å². The molecule has 2 N–H and O–H groups in total. The van der Waals surface area contributed by atoms with Crippen LogP contribution in [0.25, 0.3) is 0 Å². The summed E-state index contributed by atoms with van der Waals surface area (Å²) in [5.74, 6) is 0.850. The normalized spacial score (nSPS) is 16.2. The molecule has 0 spiro atoms. The maximum Gasteiger partial charge on any atom is 0.226 e. The van der Waals surface area contributed by atoms with E-state index in [1.165, 1.54) is 5.56 Å². The van der Waals surface area contributed by atoms with E-state index >= 15 is 0 Å². The summed E-state index contributed by atoms with van der Waals surface area (Å²) in [5, 5.41) is 6.47. The Morgan fingerprint density at radius 3 is 2.40 bits per heavy atom. The summed E-state index contributed by atoms with van der Waals surface area (Å²) in [7, 11) is 4.14. The number of nitrogens with zero attached hydrogens (tertiary/aromatic N) is 1. The Kier molecular flexibility index (Phi) is 16.8. The molecule has 1 aromatic carbocycles. The van der Waals surface area contributed by atoms with E-state index in [2.05, 4.69) is 88.4 Å². The predicted molar refractivity (Wildman–Crippen MR) is 172 cm³/mol. The number of anilines is 1. The van der Waals surface area contributed by atoms with Gasteiger partial charge in [0.2, 0.25) is 5.91 Å². The SMILES string of the molecule is C/C=C\C(F)C=C/C=C/C(CC)CCCN(C)C(CCC)CC(C)(C(=O)NCc1cc(C)cc(NC)c1)C(C)C. The van der Waals surface area contributed by atoms with Crippen molar-refractivity contribution in [2.24, 2.45) is 17.3 Å². The fourth-order valence-corrected chi connectivity index (χ4v) is 5.25. The Morgan fingerprint density at radius 2 is 1.80 bits per heavy atom. The molecule has 0 saturated carbocycles.